The minimum Gasteiger partial charge on any atom is -0.480 e. The zero-order chi connectivity index (χ0) is 27.3. The number of aliphatic imine (C=N–C) groups is 2. The summed E-state index contributed by atoms with van der Waals surface area (Å²) in [5, 5.41) is 14.6. The predicted molar refractivity (Wildman–Crippen MR) is 138 cm³/mol. The van der Waals surface area contributed by atoms with Gasteiger partial charge in [0.25, 0.3) is 0 Å². The Morgan fingerprint density at radius 3 is 2.03 bits per heavy atom. The number of thiol groups is 1. The van der Waals surface area contributed by atoms with Gasteiger partial charge in [-0.05, 0) is 38.5 Å². The highest BCUT2D eigenvalue weighted by molar-refractivity contribution is 7.80. The van der Waals surface area contributed by atoms with E-state index >= 15 is 0 Å². The SMILES string of the molecule is NC(N)=NCCCC(NC(=O)C(CCCN=C(N)N)NC(=O)C1CCCN1C(=O)C(N)CS)C(=O)O. The first-order valence-corrected chi connectivity index (χ1v) is 12.2. The standard InChI is InChI=1S/C20H38N10O5S/c21-11(10-36)17(33)30-9-3-6-14(30)16(32)28-12(4-1-7-26-19(22)23)15(31)29-13(18(34)35)5-2-8-27-20(24)25/h11-14,36H,1-10,21H2,(H,28,32)(H,29,31)(H,34,35)(H4,22,23,26)(H4,24,25,27). The van der Waals surface area contributed by atoms with Gasteiger partial charge in [0.2, 0.25) is 17.7 Å². The van der Waals surface area contributed by atoms with Gasteiger partial charge in [-0.1, -0.05) is 0 Å². The minimum atomic E-state index is -1.24. The van der Waals surface area contributed by atoms with Crippen molar-refractivity contribution in [1.82, 2.24) is 15.5 Å². The Bertz CT molecular complexity index is 832. The van der Waals surface area contributed by atoms with Crippen molar-refractivity contribution in [3.63, 3.8) is 0 Å². The molecule has 4 unspecified atom stereocenters. The van der Waals surface area contributed by atoms with E-state index in [1.165, 1.54) is 4.90 Å². The summed E-state index contributed by atoms with van der Waals surface area (Å²) < 4.78 is 0. The number of carbonyl (C=O) groups excluding carboxylic acids is 3. The van der Waals surface area contributed by atoms with Gasteiger partial charge in [-0.15, -0.1) is 0 Å². The molecule has 1 saturated heterocycles. The van der Waals surface area contributed by atoms with Crippen molar-refractivity contribution in [2.45, 2.75) is 62.7 Å². The number of guanidine groups is 2. The quantitative estimate of drug-likeness (QED) is 0.0434. The van der Waals surface area contributed by atoms with E-state index in [-0.39, 0.29) is 43.6 Å². The Morgan fingerprint density at radius 2 is 1.53 bits per heavy atom. The Kier molecular flexibility index (Phi) is 13.4. The molecule has 36 heavy (non-hydrogen) atoms. The Balaban J connectivity index is 2.92. The Labute approximate surface area is 215 Å². The summed E-state index contributed by atoms with van der Waals surface area (Å²) in [6, 6.07) is -3.95. The lowest BCUT2D eigenvalue weighted by Crippen LogP contribution is -2.56. The monoisotopic (exact) mass is 530 g/mol. The molecule has 13 N–H and O–H groups in total. The van der Waals surface area contributed by atoms with Crippen molar-refractivity contribution >= 4 is 48.2 Å². The first-order chi connectivity index (χ1) is 17.0. The summed E-state index contributed by atoms with van der Waals surface area (Å²) in [6.45, 7) is 0.755. The van der Waals surface area contributed by atoms with Crippen molar-refractivity contribution in [2.24, 2.45) is 38.7 Å². The molecule has 4 atom stereocenters. The maximum atomic E-state index is 13.1. The Morgan fingerprint density at radius 1 is 0.972 bits per heavy atom. The first-order valence-electron chi connectivity index (χ1n) is 11.6. The van der Waals surface area contributed by atoms with Crippen molar-refractivity contribution < 1.29 is 24.3 Å². The van der Waals surface area contributed by atoms with E-state index in [0.29, 0.717) is 32.2 Å². The highest BCUT2D eigenvalue weighted by atomic mass is 32.1. The number of carboxylic acid groups (broad SMARTS) is 1. The average molecular weight is 531 g/mol. The fourth-order valence-electron chi connectivity index (χ4n) is 3.67. The predicted octanol–water partition coefficient (Wildman–Crippen LogP) is -3.60. The van der Waals surface area contributed by atoms with Crippen LogP contribution in [0.3, 0.4) is 0 Å². The summed E-state index contributed by atoms with van der Waals surface area (Å²) in [7, 11) is 0. The van der Waals surface area contributed by atoms with Gasteiger partial charge in [-0.3, -0.25) is 24.4 Å². The molecule has 1 fully saturated rings. The average Bonchev–Trinajstić information content (AvgIpc) is 3.31. The zero-order valence-electron chi connectivity index (χ0n) is 20.1. The molecule has 204 valence electrons. The van der Waals surface area contributed by atoms with Gasteiger partial charge in [0.05, 0.1) is 6.04 Å². The van der Waals surface area contributed by atoms with Gasteiger partial charge >= 0.3 is 5.97 Å². The molecule has 0 spiro atoms. The second-order valence-electron chi connectivity index (χ2n) is 8.34. The maximum absolute atomic E-state index is 13.1. The van der Waals surface area contributed by atoms with Crippen molar-refractivity contribution in [2.75, 3.05) is 25.4 Å². The molecule has 0 saturated carbocycles. The second kappa shape index (κ2) is 15.7. The number of amides is 3. The van der Waals surface area contributed by atoms with Crippen molar-refractivity contribution in [3.8, 4) is 0 Å². The van der Waals surface area contributed by atoms with Gasteiger partial charge in [0, 0.05) is 25.4 Å². The fraction of sp³-hybridized carbons (Fsp3) is 0.700. The second-order valence-corrected chi connectivity index (χ2v) is 8.70. The molecule has 0 aromatic carbocycles. The summed E-state index contributed by atoms with van der Waals surface area (Å²) >= 11 is 4.04. The van der Waals surface area contributed by atoms with Gasteiger partial charge < -0.3 is 49.3 Å². The molecule has 0 aromatic heterocycles. The molecule has 3 amide bonds. The van der Waals surface area contributed by atoms with E-state index in [4.69, 9.17) is 28.7 Å². The molecule has 1 aliphatic rings. The highest BCUT2D eigenvalue weighted by Gasteiger charge is 2.37. The van der Waals surface area contributed by atoms with Gasteiger partial charge in [-0.2, -0.15) is 12.6 Å². The highest BCUT2D eigenvalue weighted by Crippen LogP contribution is 2.19. The lowest BCUT2D eigenvalue weighted by Gasteiger charge is -2.28. The van der Waals surface area contributed by atoms with Crippen LogP contribution in [-0.4, -0.2) is 95.2 Å². The molecule has 0 aromatic rings. The van der Waals surface area contributed by atoms with E-state index in [0.717, 1.165) is 0 Å². The van der Waals surface area contributed by atoms with E-state index < -0.39 is 47.9 Å². The fourth-order valence-corrected chi connectivity index (χ4v) is 3.82. The number of aliphatic carboxylic acids is 1. The number of rotatable bonds is 15. The number of likely N-dealkylation sites (tertiary alicyclic amines) is 1. The van der Waals surface area contributed by atoms with Crippen LogP contribution in [0.5, 0.6) is 0 Å². The number of hydrogen-bond donors (Lipinski definition) is 9. The zero-order valence-corrected chi connectivity index (χ0v) is 21.0. The van der Waals surface area contributed by atoms with Crippen LogP contribution >= 0.6 is 12.6 Å². The molecule has 1 rings (SSSR count). The molecule has 0 bridgehead atoms. The van der Waals surface area contributed by atoms with Crippen LogP contribution in [0.25, 0.3) is 0 Å². The smallest absolute Gasteiger partial charge is 0.326 e. The number of carboxylic acids is 1. The van der Waals surface area contributed by atoms with E-state index in [1.54, 1.807) is 0 Å². The molecule has 0 aliphatic carbocycles. The number of nitrogens with one attached hydrogen (secondary N) is 2. The lowest BCUT2D eigenvalue weighted by molar-refractivity contribution is -0.143. The Hall–Kier alpha value is -3.27. The topological polar surface area (TPSA) is 271 Å². The van der Waals surface area contributed by atoms with E-state index in [2.05, 4.69) is 33.2 Å². The van der Waals surface area contributed by atoms with E-state index in [1.807, 2.05) is 0 Å². The van der Waals surface area contributed by atoms with Crippen LogP contribution in [0.1, 0.15) is 38.5 Å². The van der Waals surface area contributed by atoms with Crippen LogP contribution in [0, 0.1) is 0 Å². The van der Waals surface area contributed by atoms with Crippen LogP contribution in [0.4, 0.5) is 0 Å². The normalized spacial score (nSPS) is 17.4. The van der Waals surface area contributed by atoms with Crippen LogP contribution in [0.15, 0.2) is 9.98 Å². The van der Waals surface area contributed by atoms with E-state index in [9.17, 15) is 24.3 Å². The third kappa shape index (κ3) is 10.6. The van der Waals surface area contributed by atoms with Crippen molar-refractivity contribution in [3.05, 3.63) is 0 Å². The van der Waals surface area contributed by atoms with Crippen molar-refractivity contribution in [1.29, 1.82) is 0 Å². The maximum Gasteiger partial charge on any atom is 0.326 e. The van der Waals surface area contributed by atoms with Gasteiger partial charge in [-0.25, -0.2) is 4.79 Å². The lowest BCUT2D eigenvalue weighted by atomic mass is 10.1. The summed E-state index contributed by atoms with van der Waals surface area (Å²) in [5.74, 6) is -2.98. The summed E-state index contributed by atoms with van der Waals surface area (Å²) in [6.07, 6.45) is 1.84. The molecule has 1 aliphatic heterocycles. The van der Waals surface area contributed by atoms with Crippen LogP contribution in [-0.2, 0) is 19.2 Å². The third-order valence-corrected chi connectivity index (χ3v) is 5.88. The van der Waals surface area contributed by atoms with Crippen LogP contribution < -0.4 is 39.3 Å². The summed E-state index contributed by atoms with van der Waals surface area (Å²) in [4.78, 5) is 59.3. The molecule has 0 radical (unpaired) electrons. The molecular weight excluding hydrogens is 492 g/mol. The molecule has 16 heteroatoms. The van der Waals surface area contributed by atoms with Gasteiger partial charge in [0.15, 0.2) is 11.9 Å². The summed E-state index contributed by atoms with van der Waals surface area (Å²) in [5.41, 5.74) is 27.0. The minimum absolute atomic E-state index is 0.0685. The van der Waals surface area contributed by atoms with Crippen LogP contribution in [0.2, 0.25) is 0 Å². The number of carbonyl (C=O) groups is 4. The molecule has 15 nitrogen and oxygen atoms in total. The first kappa shape index (κ1) is 30.8. The molecule has 1 heterocycles. The van der Waals surface area contributed by atoms with Gasteiger partial charge in [0.1, 0.15) is 18.1 Å². The number of nitrogens with zero attached hydrogens (tertiary/aromatic N) is 3. The third-order valence-electron chi connectivity index (χ3n) is 5.49. The largest absolute Gasteiger partial charge is 0.480 e. The number of nitrogens with two attached hydrogens (primary N) is 5. The molecular formula is C20H38N10O5S. The number of hydrogen-bond acceptors (Lipinski definition) is 8.